The Morgan fingerprint density at radius 1 is 0.857 bits per heavy atom. The van der Waals surface area contributed by atoms with E-state index in [-0.39, 0.29) is 11.7 Å². The SMILES string of the molecule is ClP(C1C=CC=CO1)C1C=CC=CO1. The predicted octanol–water partition coefficient (Wildman–Crippen LogP) is 3.47. The fourth-order valence-corrected chi connectivity index (χ4v) is 3.03. The second kappa shape index (κ2) is 4.68. The van der Waals surface area contributed by atoms with Gasteiger partial charge in [0.2, 0.25) is 0 Å². The summed E-state index contributed by atoms with van der Waals surface area (Å²) < 4.78 is 10.8. The molecule has 2 nitrogen and oxygen atoms in total. The highest BCUT2D eigenvalue weighted by Crippen LogP contribution is 2.54. The van der Waals surface area contributed by atoms with Crippen molar-refractivity contribution in [2.75, 3.05) is 0 Å². The second-order valence-electron chi connectivity index (χ2n) is 2.82. The highest BCUT2D eigenvalue weighted by atomic mass is 35.7. The lowest BCUT2D eigenvalue weighted by molar-refractivity contribution is 0.227. The van der Waals surface area contributed by atoms with E-state index < -0.39 is 7.27 Å². The fourth-order valence-electron chi connectivity index (χ4n) is 1.18. The van der Waals surface area contributed by atoms with Crippen LogP contribution in [0.1, 0.15) is 0 Å². The molecule has 2 rings (SSSR count). The van der Waals surface area contributed by atoms with Crippen molar-refractivity contribution in [3.63, 3.8) is 0 Å². The average molecular weight is 229 g/mol. The standard InChI is InChI=1S/C10H10ClO2P/c11-14(9-5-1-3-7-12-9)10-6-2-4-8-13-10/h1-10H. The van der Waals surface area contributed by atoms with E-state index in [9.17, 15) is 0 Å². The zero-order valence-electron chi connectivity index (χ0n) is 7.42. The quantitative estimate of drug-likeness (QED) is 0.674. The maximum Gasteiger partial charge on any atom is 0.152 e. The minimum absolute atomic E-state index is 0.0576. The molecule has 2 heterocycles. The Morgan fingerprint density at radius 2 is 1.36 bits per heavy atom. The molecule has 2 atom stereocenters. The summed E-state index contributed by atoms with van der Waals surface area (Å²) >= 11 is 6.28. The van der Waals surface area contributed by atoms with Gasteiger partial charge in [0.05, 0.1) is 19.8 Å². The summed E-state index contributed by atoms with van der Waals surface area (Å²) in [6.07, 6.45) is 14.8. The van der Waals surface area contributed by atoms with Gasteiger partial charge in [-0.15, -0.1) is 0 Å². The van der Waals surface area contributed by atoms with Crippen LogP contribution in [0.15, 0.2) is 49.0 Å². The van der Waals surface area contributed by atoms with Crippen LogP contribution in [0.3, 0.4) is 0 Å². The van der Waals surface area contributed by atoms with Gasteiger partial charge in [0, 0.05) is 0 Å². The maximum absolute atomic E-state index is 6.28. The Balaban J connectivity index is 1.97. The van der Waals surface area contributed by atoms with Gasteiger partial charge in [-0.2, -0.15) is 0 Å². The topological polar surface area (TPSA) is 18.5 Å². The first-order chi connectivity index (χ1) is 6.88. The summed E-state index contributed by atoms with van der Waals surface area (Å²) in [5.74, 6) is -0.115. The van der Waals surface area contributed by atoms with Crippen LogP contribution in [0.2, 0.25) is 0 Å². The highest BCUT2D eigenvalue weighted by Gasteiger charge is 2.27. The molecule has 2 unspecified atom stereocenters. The van der Waals surface area contributed by atoms with Crippen molar-refractivity contribution in [2.24, 2.45) is 0 Å². The molecule has 0 N–H and O–H groups in total. The number of hydrogen-bond donors (Lipinski definition) is 0. The van der Waals surface area contributed by atoms with E-state index >= 15 is 0 Å². The first kappa shape index (κ1) is 9.82. The molecular formula is C10H10ClO2P. The average Bonchev–Trinajstić information content (AvgIpc) is 2.30. The summed E-state index contributed by atoms with van der Waals surface area (Å²) in [5.41, 5.74) is 0. The van der Waals surface area contributed by atoms with E-state index in [2.05, 4.69) is 0 Å². The minimum atomic E-state index is -0.865. The molecule has 2 aliphatic rings. The third-order valence-corrected chi connectivity index (χ3v) is 4.57. The van der Waals surface area contributed by atoms with Crippen molar-refractivity contribution in [3.8, 4) is 0 Å². The summed E-state index contributed by atoms with van der Waals surface area (Å²) in [5, 5.41) is 0. The fraction of sp³-hybridized carbons (Fsp3) is 0.200. The summed E-state index contributed by atoms with van der Waals surface area (Å²) in [7, 11) is -0.865. The number of allylic oxidation sites excluding steroid dienone is 4. The summed E-state index contributed by atoms with van der Waals surface area (Å²) in [6, 6.07) is 0. The molecule has 0 amide bonds. The molecule has 0 aliphatic carbocycles. The molecule has 2 aliphatic heterocycles. The first-order valence-corrected chi connectivity index (χ1v) is 6.68. The van der Waals surface area contributed by atoms with Gasteiger partial charge in [0.1, 0.15) is 0 Å². The molecule has 0 aromatic heterocycles. The van der Waals surface area contributed by atoms with Gasteiger partial charge in [-0.1, -0.05) is 23.4 Å². The van der Waals surface area contributed by atoms with Crippen LogP contribution in [0.25, 0.3) is 0 Å². The van der Waals surface area contributed by atoms with Gasteiger partial charge in [0.15, 0.2) is 11.7 Å². The van der Waals surface area contributed by atoms with Gasteiger partial charge in [0.25, 0.3) is 0 Å². The van der Waals surface area contributed by atoms with E-state index in [0.29, 0.717) is 0 Å². The molecule has 4 heteroatoms. The zero-order valence-corrected chi connectivity index (χ0v) is 9.07. The van der Waals surface area contributed by atoms with Crippen LogP contribution >= 0.6 is 18.5 Å². The van der Waals surface area contributed by atoms with Crippen LogP contribution < -0.4 is 0 Å². The predicted molar refractivity (Wildman–Crippen MR) is 59.1 cm³/mol. The molecule has 74 valence electrons. The van der Waals surface area contributed by atoms with Crippen molar-refractivity contribution in [3.05, 3.63) is 49.0 Å². The number of halogens is 1. The van der Waals surface area contributed by atoms with E-state index in [0.717, 1.165) is 0 Å². The lowest BCUT2D eigenvalue weighted by Gasteiger charge is -2.26. The molecule has 14 heavy (non-hydrogen) atoms. The van der Waals surface area contributed by atoms with Gasteiger partial charge in [-0.25, -0.2) is 0 Å². The van der Waals surface area contributed by atoms with Crippen LogP contribution in [0.5, 0.6) is 0 Å². The number of rotatable bonds is 2. The van der Waals surface area contributed by atoms with Crippen molar-refractivity contribution < 1.29 is 9.47 Å². The molecule has 0 radical (unpaired) electrons. The Bertz CT molecular complexity index is 279. The van der Waals surface area contributed by atoms with Crippen molar-refractivity contribution in [1.82, 2.24) is 0 Å². The Hall–Kier alpha value is -0.720. The van der Waals surface area contributed by atoms with Crippen LogP contribution in [0.4, 0.5) is 0 Å². The largest absolute Gasteiger partial charge is 0.488 e. The minimum Gasteiger partial charge on any atom is -0.488 e. The van der Waals surface area contributed by atoms with Gasteiger partial charge < -0.3 is 9.47 Å². The second-order valence-corrected chi connectivity index (χ2v) is 5.70. The number of ether oxygens (including phenoxy) is 2. The van der Waals surface area contributed by atoms with Crippen molar-refractivity contribution >= 4 is 18.5 Å². The monoisotopic (exact) mass is 228 g/mol. The summed E-state index contributed by atoms with van der Waals surface area (Å²) in [6.45, 7) is 0. The smallest absolute Gasteiger partial charge is 0.152 e. The van der Waals surface area contributed by atoms with Crippen molar-refractivity contribution in [2.45, 2.75) is 11.7 Å². The van der Waals surface area contributed by atoms with Gasteiger partial charge in [-0.3, -0.25) is 0 Å². The lowest BCUT2D eigenvalue weighted by atomic mass is 10.4. The van der Waals surface area contributed by atoms with Gasteiger partial charge >= 0.3 is 0 Å². The first-order valence-electron chi connectivity index (χ1n) is 4.29. The summed E-state index contributed by atoms with van der Waals surface area (Å²) in [4.78, 5) is 0. The third kappa shape index (κ3) is 2.20. The van der Waals surface area contributed by atoms with E-state index in [1.807, 2.05) is 36.5 Å². The zero-order chi connectivity index (χ0) is 9.80. The third-order valence-electron chi connectivity index (χ3n) is 1.85. The Labute approximate surface area is 89.1 Å². The molecule has 0 aromatic rings. The van der Waals surface area contributed by atoms with Gasteiger partial charge in [-0.05, 0) is 24.3 Å². The molecule has 0 saturated carbocycles. The maximum atomic E-state index is 6.28. The highest BCUT2D eigenvalue weighted by molar-refractivity contribution is 7.85. The van der Waals surface area contributed by atoms with Crippen LogP contribution in [0, 0.1) is 0 Å². The Kier molecular flexibility index (Phi) is 3.28. The van der Waals surface area contributed by atoms with E-state index in [1.165, 1.54) is 0 Å². The lowest BCUT2D eigenvalue weighted by Crippen LogP contribution is -2.13. The molecular weight excluding hydrogens is 219 g/mol. The Morgan fingerprint density at radius 3 is 1.71 bits per heavy atom. The van der Waals surface area contributed by atoms with Crippen LogP contribution in [-0.2, 0) is 9.47 Å². The van der Waals surface area contributed by atoms with E-state index in [4.69, 9.17) is 20.7 Å². The molecule has 0 aromatic carbocycles. The molecule has 0 bridgehead atoms. The van der Waals surface area contributed by atoms with Crippen molar-refractivity contribution in [1.29, 1.82) is 0 Å². The molecule has 0 spiro atoms. The molecule has 0 saturated heterocycles. The van der Waals surface area contributed by atoms with Crippen LogP contribution in [-0.4, -0.2) is 11.7 Å². The normalized spacial score (nSPS) is 30.9. The van der Waals surface area contributed by atoms with E-state index in [1.54, 1.807) is 12.5 Å². The number of hydrogen-bond acceptors (Lipinski definition) is 2. The molecule has 0 fully saturated rings.